The van der Waals surface area contributed by atoms with E-state index in [0.717, 1.165) is 45.6 Å². The van der Waals surface area contributed by atoms with E-state index in [9.17, 15) is 4.79 Å². The molecule has 0 aliphatic carbocycles. The molecule has 3 heterocycles. The first-order chi connectivity index (χ1) is 16.7. The van der Waals surface area contributed by atoms with Crippen molar-refractivity contribution in [2.24, 2.45) is 0 Å². The number of benzene rings is 3. The SMILES string of the molecule is Cl.Cl.Cl.O=C(c1ccc2nc[nH]c2c1)N1CCN(Cc2cnc[nH]2)c2ccc(-c3ccccc3)cc2C1. The fraction of sp³-hybridized carbons (Fsp3) is 0.148. The van der Waals surface area contributed by atoms with Gasteiger partial charge in [-0.25, -0.2) is 9.97 Å². The number of H-pyrrole nitrogens is 2. The summed E-state index contributed by atoms with van der Waals surface area (Å²) < 4.78 is 0. The molecule has 192 valence electrons. The summed E-state index contributed by atoms with van der Waals surface area (Å²) in [5, 5.41) is 0. The molecule has 0 bridgehead atoms. The van der Waals surface area contributed by atoms with Crippen LogP contribution in [0.15, 0.2) is 85.6 Å². The van der Waals surface area contributed by atoms with Crippen LogP contribution in [0.3, 0.4) is 0 Å². The number of rotatable bonds is 4. The van der Waals surface area contributed by atoms with Gasteiger partial charge in [0.25, 0.3) is 5.91 Å². The number of imidazole rings is 2. The first-order valence-electron chi connectivity index (χ1n) is 11.4. The Morgan fingerprint density at radius 3 is 2.49 bits per heavy atom. The lowest BCUT2D eigenvalue weighted by Crippen LogP contribution is -2.35. The minimum Gasteiger partial charge on any atom is -0.364 e. The van der Waals surface area contributed by atoms with Gasteiger partial charge < -0.3 is 19.8 Å². The van der Waals surface area contributed by atoms with E-state index in [2.05, 4.69) is 55.2 Å². The molecule has 5 aromatic rings. The van der Waals surface area contributed by atoms with Crippen LogP contribution in [0.2, 0.25) is 0 Å². The fourth-order valence-corrected chi connectivity index (χ4v) is 4.64. The molecule has 1 aliphatic rings. The largest absolute Gasteiger partial charge is 0.364 e. The van der Waals surface area contributed by atoms with Crippen molar-refractivity contribution in [3.8, 4) is 11.1 Å². The average molecular weight is 558 g/mol. The van der Waals surface area contributed by atoms with Gasteiger partial charge >= 0.3 is 0 Å². The zero-order valence-electron chi connectivity index (χ0n) is 19.8. The Hall–Kier alpha value is -3.52. The third kappa shape index (κ3) is 5.74. The second-order valence-electron chi connectivity index (χ2n) is 8.57. The van der Waals surface area contributed by atoms with Gasteiger partial charge in [-0.05, 0) is 47.0 Å². The molecular formula is C27H27Cl3N6O. The summed E-state index contributed by atoms with van der Waals surface area (Å²) in [7, 11) is 0. The number of hydrogen-bond donors (Lipinski definition) is 2. The normalized spacial score (nSPS) is 12.5. The molecule has 0 radical (unpaired) electrons. The number of nitrogens with one attached hydrogen (secondary N) is 2. The van der Waals surface area contributed by atoms with Crippen LogP contribution in [0.5, 0.6) is 0 Å². The Morgan fingerprint density at radius 2 is 1.70 bits per heavy atom. The first-order valence-corrected chi connectivity index (χ1v) is 11.4. The van der Waals surface area contributed by atoms with Crippen LogP contribution in [-0.2, 0) is 13.1 Å². The number of anilines is 1. The van der Waals surface area contributed by atoms with Gasteiger partial charge in [0, 0.05) is 37.1 Å². The Labute approximate surface area is 233 Å². The van der Waals surface area contributed by atoms with Gasteiger partial charge in [-0.1, -0.05) is 36.4 Å². The zero-order chi connectivity index (χ0) is 22.9. The van der Waals surface area contributed by atoms with Gasteiger partial charge in [0.05, 0.1) is 35.9 Å². The molecule has 0 spiro atoms. The van der Waals surface area contributed by atoms with Crippen molar-refractivity contribution in [1.82, 2.24) is 24.8 Å². The van der Waals surface area contributed by atoms with Crippen LogP contribution < -0.4 is 4.90 Å². The standard InChI is InChI=1S/C27H24N6O.3ClH/c34-27(21-6-8-24-25(13-21)31-18-30-24)33-11-10-32(16-23-14-28-17-29-23)26-9-7-20(12-22(26)15-33)19-4-2-1-3-5-19;;;/h1-9,12-14,17-18H,10-11,15-16H2,(H,28,29)(H,30,31);3*1H. The third-order valence-electron chi connectivity index (χ3n) is 6.40. The summed E-state index contributed by atoms with van der Waals surface area (Å²) in [5.41, 5.74) is 8.03. The number of aromatic nitrogens is 4. The van der Waals surface area contributed by atoms with Crippen LogP contribution in [0.4, 0.5) is 5.69 Å². The van der Waals surface area contributed by atoms with Crippen molar-refractivity contribution in [2.45, 2.75) is 13.1 Å². The number of carbonyl (C=O) groups excluding carboxylic acids is 1. The molecule has 0 saturated heterocycles. The van der Waals surface area contributed by atoms with Crippen molar-refractivity contribution >= 4 is 59.8 Å². The van der Waals surface area contributed by atoms with E-state index in [1.165, 1.54) is 0 Å². The fourth-order valence-electron chi connectivity index (χ4n) is 4.64. The molecule has 0 fully saturated rings. The molecule has 0 saturated carbocycles. The predicted molar refractivity (Wildman–Crippen MR) is 154 cm³/mol. The van der Waals surface area contributed by atoms with Crippen molar-refractivity contribution < 1.29 is 4.79 Å². The number of aromatic amines is 2. The van der Waals surface area contributed by atoms with Crippen LogP contribution in [0.25, 0.3) is 22.2 Å². The Bertz CT molecular complexity index is 1460. The van der Waals surface area contributed by atoms with E-state index >= 15 is 0 Å². The molecule has 0 unspecified atom stereocenters. The Balaban J connectivity index is 0.00000127. The zero-order valence-corrected chi connectivity index (χ0v) is 22.3. The van der Waals surface area contributed by atoms with Crippen molar-refractivity contribution in [1.29, 1.82) is 0 Å². The minimum absolute atomic E-state index is 0. The highest BCUT2D eigenvalue weighted by atomic mass is 35.5. The highest BCUT2D eigenvalue weighted by molar-refractivity contribution is 5.97. The highest BCUT2D eigenvalue weighted by Gasteiger charge is 2.25. The number of hydrogen-bond acceptors (Lipinski definition) is 4. The molecule has 7 nitrogen and oxygen atoms in total. The molecule has 3 aromatic carbocycles. The van der Waals surface area contributed by atoms with E-state index in [1.54, 1.807) is 12.7 Å². The van der Waals surface area contributed by atoms with E-state index in [0.29, 0.717) is 25.2 Å². The lowest BCUT2D eigenvalue weighted by Gasteiger charge is -2.24. The second-order valence-corrected chi connectivity index (χ2v) is 8.57. The van der Waals surface area contributed by atoms with E-state index in [-0.39, 0.29) is 43.1 Å². The van der Waals surface area contributed by atoms with Crippen molar-refractivity contribution in [3.63, 3.8) is 0 Å². The lowest BCUT2D eigenvalue weighted by molar-refractivity contribution is 0.0751. The van der Waals surface area contributed by atoms with Gasteiger partial charge in [-0.2, -0.15) is 0 Å². The molecule has 10 heteroatoms. The number of halogens is 3. The van der Waals surface area contributed by atoms with Gasteiger partial charge in [0.2, 0.25) is 0 Å². The average Bonchev–Trinajstić information content (AvgIpc) is 3.54. The molecule has 1 amide bonds. The Morgan fingerprint density at radius 1 is 0.865 bits per heavy atom. The maximum atomic E-state index is 13.6. The summed E-state index contributed by atoms with van der Waals surface area (Å²) >= 11 is 0. The summed E-state index contributed by atoms with van der Waals surface area (Å²) in [6.45, 7) is 2.62. The molecule has 6 rings (SSSR count). The Kier molecular flexibility index (Phi) is 9.21. The molecule has 2 aromatic heterocycles. The van der Waals surface area contributed by atoms with Crippen LogP contribution in [0.1, 0.15) is 21.6 Å². The third-order valence-corrected chi connectivity index (χ3v) is 6.40. The van der Waals surface area contributed by atoms with Gasteiger partial charge in [-0.3, -0.25) is 4.79 Å². The summed E-state index contributed by atoms with van der Waals surface area (Å²) in [5.74, 6) is 0.0240. The predicted octanol–water partition coefficient (Wildman–Crippen LogP) is 5.88. The number of nitrogens with zero attached hydrogens (tertiary/aromatic N) is 4. The molecule has 2 N–H and O–H groups in total. The van der Waals surface area contributed by atoms with Crippen molar-refractivity contribution in [3.05, 3.63) is 102 Å². The molecule has 1 aliphatic heterocycles. The minimum atomic E-state index is 0. The number of amides is 1. The van der Waals surface area contributed by atoms with Gasteiger partial charge in [0.1, 0.15) is 0 Å². The quantitative estimate of drug-likeness (QED) is 0.289. The lowest BCUT2D eigenvalue weighted by atomic mass is 10.0. The first kappa shape index (κ1) is 28.1. The second kappa shape index (κ2) is 12.1. The van der Waals surface area contributed by atoms with Gasteiger partial charge in [-0.15, -0.1) is 37.2 Å². The van der Waals surface area contributed by atoms with Crippen LogP contribution in [0, 0.1) is 0 Å². The maximum absolute atomic E-state index is 13.6. The molecular weight excluding hydrogens is 531 g/mol. The summed E-state index contributed by atoms with van der Waals surface area (Å²) in [4.78, 5) is 32.6. The van der Waals surface area contributed by atoms with E-state index in [4.69, 9.17) is 0 Å². The topological polar surface area (TPSA) is 80.9 Å². The monoisotopic (exact) mass is 556 g/mol. The van der Waals surface area contributed by atoms with E-state index < -0.39 is 0 Å². The molecule has 0 atom stereocenters. The highest BCUT2D eigenvalue weighted by Crippen LogP contribution is 2.32. The maximum Gasteiger partial charge on any atom is 0.254 e. The smallest absolute Gasteiger partial charge is 0.254 e. The van der Waals surface area contributed by atoms with Gasteiger partial charge in [0.15, 0.2) is 0 Å². The molecule has 37 heavy (non-hydrogen) atoms. The number of carbonyl (C=O) groups is 1. The number of fused-ring (bicyclic) bond motifs is 2. The van der Waals surface area contributed by atoms with Crippen LogP contribution in [-0.4, -0.2) is 43.8 Å². The van der Waals surface area contributed by atoms with Crippen LogP contribution >= 0.6 is 37.2 Å². The van der Waals surface area contributed by atoms with E-state index in [1.807, 2.05) is 47.5 Å². The van der Waals surface area contributed by atoms with Crippen molar-refractivity contribution in [2.75, 3.05) is 18.0 Å². The summed E-state index contributed by atoms with van der Waals surface area (Å²) in [6, 6.07) is 22.6. The summed E-state index contributed by atoms with van der Waals surface area (Å²) in [6.07, 6.45) is 5.21.